The first-order chi connectivity index (χ1) is 8.33. The number of thiazole rings is 1. The minimum Gasteiger partial charge on any atom is -0.338 e. The number of fused-ring (bicyclic) bond motifs is 1. The van der Waals surface area contributed by atoms with Crippen molar-refractivity contribution in [3.63, 3.8) is 0 Å². The molecule has 0 saturated carbocycles. The van der Waals surface area contributed by atoms with E-state index in [1.165, 1.54) is 0 Å². The number of aromatic nitrogens is 3. The molecule has 0 bridgehead atoms. The lowest BCUT2D eigenvalue weighted by atomic mass is 10.3. The highest BCUT2D eigenvalue weighted by molar-refractivity contribution is 7.16. The minimum absolute atomic E-state index is 0.358. The number of hydrogen-bond acceptors (Lipinski definition) is 5. The van der Waals surface area contributed by atoms with E-state index in [9.17, 15) is 0 Å². The van der Waals surface area contributed by atoms with E-state index in [-0.39, 0.29) is 0 Å². The molecule has 4 nitrogen and oxygen atoms in total. The van der Waals surface area contributed by atoms with Crippen LogP contribution in [0.4, 0.5) is 11.5 Å². The van der Waals surface area contributed by atoms with Gasteiger partial charge in [-0.2, -0.15) is 0 Å². The normalized spacial score (nSPS) is 10.6. The monoisotopic (exact) mass is 262 g/mol. The molecular weight excluding hydrogens is 256 g/mol. The van der Waals surface area contributed by atoms with E-state index in [1.54, 1.807) is 23.7 Å². The van der Waals surface area contributed by atoms with Gasteiger partial charge in [0.1, 0.15) is 0 Å². The third kappa shape index (κ3) is 2.07. The molecule has 1 N–H and O–H groups in total. The second-order valence-corrected chi connectivity index (χ2v) is 4.60. The number of anilines is 2. The lowest BCUT2D eigenvalue weighted by Crippen LogP contribution is -1.95. The highest BCUT2D eigenvalue weighted by Crippen LogP contribution is 2.25. The fourth-order valence-corrected chi connectivity index (χ4v) is 2.34. The summed E-state index contributed by atoms with van der Waals surface area (Å²) in [5, 5.41) is 3.49. The number of nitrogens with zero attached hydrogens (tertiary/aromatic N) is 3. The van der Waals surface area contributed by atoms with Gasteiger partial charge in [-0.3, -0.25) is 0 Å². The Bertz CT molecular complexity index is 667. The zero-order valence-corrected chi connectivity index (χ0v) is 10.2. The number of nitrogens with one attached hydrogen (secondary N) is 1. The highest BCUT2D eigenvalue weighted by Gasteiger charge is 2.03. The summed E-state index contributed by atoms with van der Waals surface area (Å²) < 4.78 is 1.12. The molecule has 0 unspecified atom stereocenters. The van der Waals surface area contributed by atoms with Crippen LogP contribution in [0.3, 0.4) is 0 Å². The van der Waals surface area contributed by atoms with E-state index in [2.05, 4.69) is 20.3 Å². The standard InChI is InChI=1S/C11H7ClN4S/c12-10-11(14-4-3-13-10)16-7-1-2-8-9(5-7)17-6-15-8/h1-6H,(H,14,16). The SMILES string of the molecule is Clc1nccnc1Nc1ccc2ncsc2c1. The number of benzene rings is 1. The predicted octanol–water partition coefficient (Wildman–Crippen LogP) is 3.48. The molecule has 0 atom stereocenters. The first-order valence-corrected chi connectivity index (χ1v) is 6.15. The van der Waals surface area contributed by atoms with Crippen LogP contribution in [0.15, 0.2) is 36.1 Å². The molecule has 17 heavy (non-hydrogen) atoms. The van der Waals surface area contributed by atoms with Gasteiger partial charge in [0, 0.05) is 18.1 Å². The Hall–Kier alpha value is -1.72. The van der Waals surface area contributed by atoms with Crippen molar-refractivity contribution in [3.8, 4) is 0 Å². The molecule has 6 heteroatoms. The van der Waals surface area contributed by atoms with Crippen LogP contribution in [-0.2, 0) is 0 Å². The second-order valence-electron chi connectivity index (χ2n) is 3.36. The van der Waals surface area contributed by atoms with Crippen molar-refractivity contribution < 1.29 is 0 Å². The van der Waals surface area contributed by atoms with E-state index in [4.69, 9.17) is 11.6 Å². The summed E-state index contributed by atoms with van der Waals surface area (Å²) in [4.78, 5) is 12.3. The highest BCUT2D eigenvalue weighted by atomic mass is 35.5. The van der Waals surface area contributed by atoms with Gasteiger partial charge >= 0.3 is 0 Å². The predicted molar refractivity (Wildman–Crippen MR) is 69.9 cm³/mol. The largest absolute Gasteiger partial charge is 0.338 e. The molecule has 3 aromatic rings. The van der Waals surface area contributed by atoms with Crippen molar-refractivity contribution >= 4 is 44.7 Å². The fraction of sp³-hybridized carbons (Fsp3) is 0. The van der Waals surface area contributed by atoms with E-state index in [1.807, 2.05) is 23.7 Å². The Morgan fingerprint density at radius 3 is 2.88 bits per heavy atom. The summed E-state index contributed by atoms with van der Waals surface area (Å²) >= 11 is 7.52. The van der Waals surface area contributed by atoms with Gasteiger partial charge in [0.05, 0.1) is 15.7 Å². The van der Waals surface area contributed by atoms with Gasteiger partial charge in [-0.05, 0) is 18.2 Å². The molecule has 2 heterocycles. The van der Waals surface area contributed by atoms with Gasteiger partial charge in [-0.25, -0.2) is 15.0 Å². The van der Waals surface area contributed by atoms with Crippen LogP contribution < -0.4 is 5.32 Å². The van der Waals surface area contributed by atoms with Crippen molar-refractivity contribution in [1.29, 1.82) is 0 Å². The maximum absolute atomic E-state index is 5.93. The fourth-order valence-electron chi connectivity index (χ4n) is 1.47. The van der Waals surface area contributed by atoms with E-state index >= 15 is 0 Å². The van der Waals surface area contributed by atoms with Crippen molar-refractivity contribution in [1.82, 2.24) is 15.0 Å². The Balaban J connectivity index is 1.97. The zero-order valence-electron chi connectivity index (χ0n) is 8.59. The summed E-state index contributed by atoms with van der Waals surface area (Å²) in [6.45, 7) is 0. The van der Waals surface area contributed by atoms with Crippen LogP contribution in [0, 0.1) is 0 Å². The average molecular weight is 263 g/mol. The molecule has 0 radical (unpaired) electrons. The molecule has 0 aliphatic carbocycles. The summed E-state index contributed by atoms with van der Waals surface area (Å²) in [6.07, 6.45) is 3.15. The van der Waals surface area contributed by atoms with Crippen LogP contribution in [0.2, 0.25) is 5.15 Å². The molecule has 0 spiro atoms. The molecule has 0 aliphatic heterocycles. The van der Waals surface area contributed by atoms with Crippen molar-refractivity contribution in [2.75, 3.05) is 5.32 Å². The van der Waals surface area contributed by atoms with Crippen LogP contribution in [0.1, 0.15) is 0 Å². The summed E-state index contributed by atoms with van der Waals surface area (Å²) in [7, 11) is 0. The number of halogens is 1. The van der Waals surface area contributed by atoms with E-state index in [0.717, 1.165) is 15.9 Å². The molecule has 0 saturated heterocycles. The van der Waals surface area contributed by atoms with Crippen LogP contribution in [0.25, 0.3) is 10.2 Å². The molecule has 1 aromatic carbocycles. The molecular formula is C11H7ClN4S. The third-order valence-corrected chi connectivity index (χ3v) is 3.32. The molecule has 0 aliphatic rings. The van der Waals surface area contributed by atoms with Crippen molar-refractivity contribution in [2.24, 2.45) is 0 Å². The maximum Gasteiger partial charge on any atom is 0.171 e. The minimum atomic E-state index is 0.358. The molecule has 0 amide bonds. The number of rotatable bonds is 2. The van der Waals surface area contributed by atoms with Crippen LogP contribution in [0.5, 0.6) is 0 Å². The van der Waals surface area contributed by atoms with E-state index in [0.29, 0.717) is 11.0 Å². The first-order valence-electron chi connectivity index (χ1n) is 4.90. The summed E-state index contributed by atoms with van der Waals surface area (Å²) in [5.74, 6) is 0.554. The van der Waals surface area contributed by atoms with Gasteiger partial charge in [0.15, 0.2) is 11.0 Å². The zero-order chi connectivity index (χ0) is 11.7. The first kappa shape index (κ1) is 10.4. The third-order valence-electron chi connectivity index (χ3n) is 2.25. The van der Waals surface area contributed by atoms with Gasteiger partial charge in [-0.15, -0.1) is 11.3 Å². The smallest absolute Gasteiger partial charge is 0.171 e. The average Bonchev–Trinajstić information content (AvgIpc) is 2.79. The lowest BCUT2D eigenvalue weighted by Gasteiger charge is -2.05. The quantitative estimate of drug-likeness (QED) is 0.768. The molecule has 3 rings (SSSR count). The van der Waals surface area contributed by atoms with Gasteiger partial charge < -0.3 is 5.32 Å². The molecule has 84 valence electrons. The Morgan fingerprint density at radius 2 is 2.00 bits per heavy atom. The van der Waals surface area contributed by atoms with Crippen molar-refractivity contribution in [3.05, 3.63) is 41.3 Å². The summed E-state index contributed by atoms with van der Waals surface area (Å²) in [5.41, 5.74) is 3.74. The van der Waals surface area contributed by atoms with Crippen LogP contribution in [-0.4, -0.2) is 15.0 Å². The van der Waals surface area contributed by atoms with Gasteiger partial charge in [0.2, 0.25) is 0 Å². The topological polar surface area (TPSA) is 50.7 Å². The summed E-state index contributed by atoms with van der Waals surface area (Å²) in [6, 6.07) is 5.91. The Labute approximate surface area is 106 Å². The Morgan fingerprint density at radius 1 is 1.12 bits per heavy atom. The van der Waals surface area contributed by atoms with Crippen LogP contribution >= 0.6 is 22.9 Å². The second kappa shape index (κ2) is 4.27. The Kier molecular flexibility index (Phi) is 2.62. The van der Waals surface area contributed by atoms with E-state index < -0.39 is 0 Å². The van der Waals surface area contributed by atoms with Gasteiger partial charge in [-0.1, -0.05) is 11.6 Å². The molecule has 2 aromatic heterocycles. The molecule has 0 fully saturated rings. The number of hydrogen-bond donors (Lipinski definition) is 1. The lowest BCUT2D eigenvalue weighted by molar-refractivity contribution is 1.20. The van der Waals surface area contributed by atoms with Gasteiger partial charge in [0.25, 0.3) is 0 Å². The van der Waals surface area contributed by atoms with Crippen molar-refractivity contribution in [2.45, 2.75) is 0 Å². The maximum atomic E-state index is 5.93.